The van der Waals surface area contributed by atoms with E-state index in [1.165, 1.54) is 13.8 Å². The van der Waals surface area contributed by atoms with E-state index in [9.17, 15) is 64.2 Å². The summed E-state index contributed by atoms with van der Waals surface area (Å²) in [5.41, 5.74) is 0. The molecule has 2 aliphatic rings. The Labute approximate surface area is 427 Å². The fourth-order valence-corrected chi connectivity index (χ4v) is 8.21. The summed E-state index contributed by atoms with van der Waals surface area (Å²) in [4.78, 5) is 68.4. The van der Waals surface area contributed by atoms with Crippen LogP contribution >= 0.6 is 14.3 Å². The van der Waals surface area contributed by atoms with Crippen LogP contribution in [0.25, 0.3) is 0 Å². The smallest absolute Gasteiger partial charge is 0.325 e. The summed E-state index contributed by atoms with van der Waals surface area (Å²) in [5, 5.41) is 69.5. The molecule has 0 saturated carbocycles. The first-order valence-electron chi connectivity index (χ1n) is 23.2. The average molecular weight is 1120 g/mol. The SMILES string of the molecule is CC(=O)N[C@H]1[C@H](OCCOCCOCCOCC(=O)NC(COP(C)(=O)O)COP(O)(=S)OCC(CO)NC(=O)COCCOCCOCCO[C@@H]2O[C@H](CO)[C@H](O)[C@H](O)[C@H]2NC(C)=O)O[C@H](CO)[C@H](O)[C@@H]1C. The van der Waals surface area contributed by atoms with Crippen molar-refractivity contribution in [3.05, 3.63) is 0 Å². The van der Waals surface area contributed by atoms with Crippen LogP contribution in [0, 0.1) is 5.92 Å². The molecule has 30 nitrogen and oxygen atoms in total. The second-order valence-electron chi connectivity index (χ2n) is 16.4. The maximum atomic E-state index is 12.6. The van der Waals surface area contributed by atoms with Gasteiger partial charge < -0.3 is 123 Å². The third kappa shape index (κ3) is 28.8. The van der Waals surface area contributed by atoms with Crippen molar-refractivity contribution in [2.24, 2.45) is 5.92 Å². The first-order chi connectivity index (χ1) is 34.6. The molecule has 73 heavy (non-hydrogen) atoms. The van der Waals surface area contributed by atoms with Gasteiger partial charge in [0.15, 0.2) is 12.6 Å². The Morgan fingerprint density at radius 3 is 1.40 bits per heavy atom. The number of aliphatic hydroxyl groups excluding tert-OH is 6. The first-order valence-corrected chi connectivity index (χ1v) is 27.8. The van der Waals surface area contributed by atoms with Gasteiger partial charge in [-0.1, -0.05) is 6.92 Å². The van der Waals surface area contributed by atoms with Gasteiger partial charge in [0, 0.05) is 26.4 Å². The third-order valence-electron chi connectivity index (χ3n) is 10.2. The third-order valence-corrected chi connectivity index (χ3v) is 12.4. The van der Waals surface area contributed by atoms with Crippen LogP contribution in [-0.4, -0.2) is 270 Å². The van der Waals surface area contributed by atoms with Crippen LogP contribution in [0.15, 0.2) is 0 Å². The van der Waals surface area contributed by atoms with E-state index >= 15 is 0 Å². The summed E-state index contributed by atoms with van der Waals surface area (Å²) in [6.07, 6.45) is -7.95. The molecule has 0 bridgehead atoms. The van der Waals surface area contributed by atoms with E-state index in [-0.39, 0.29) is 85.2 Å². The molecule has 0 aromatic carbocycles. The Kier molecular flexibility index (Phi) is 33.8. The lowest BCUT2D eigenvalue weighted by atomic mass is 9.89. The molecule has 2 fully saturated rings. The van der Waals surface area contributed by atoms with Crippen LogP contribution in [0.5, 0.6) is 0 Å². The summed E-state index contributed by atoms with van der Waals surface area (Å²) in [5.74, 6) is -2.61. The number of carbonyl (C=O) groups excluding carboxylic acids is 4. The molecule has 0 aromatic heterocycles. The van der Waals surface area contributed by atoms with Crippen LogP contribution < -0.4 is 21.3 Å². The number of aliphatic hydroxyl groups is 6. The van der Waals surface area contributed by atoms with E-state index < -0.39 is 158 Å². The molecule has 4 unspecified atom stereocenters. The molecule has 4 amide bonds. The molecule has 0 radical (unpaired) electrons. The summed E-state index contributed by atoms with van der Waals surface area (Å²) in [6, 6.07) is -3.90. The van der Waals surface area contributed by atoms with Gasteiger partial charge in [0.25, 0.3) is 0 Å². The average Bonchev–Trinajstić information content (AvgIpc) is 3.33. The van der Waals surface area contributed by atoms with E-state index in [2.05, 4.69) is 21.3 Å². The highest BCUT2D eigenvalue weighted by Crippen LogP contribution is 2.44. The monoisotopic (exact) mass is 1120 g/mol. The Balaban J connectivity index is 1.59. The summed E-state index contributed by atoms with van der Waals surface area (Å²) < 4.78 is 81.9. The molecule has 0 spiro atoms. The van der Waals surface area contributed by atoms with E-state index in [1.807, 2.05) is 0 Å². The van der Waals surface area contributed by atoms with Crippen LogP contribution in [0.3, 0.4) is 0 Å². The van der Waals surface area contributed by atoms with Gasteiger partial charge in [0.1, 0.15) is 43.7 Å². The fourth-order valence-electron chi connectivity index (χ4n) is 6.58. The zero-order valence-corrected chi connectivity index (χ0v) is 43.9. The van der Waals surface area contributed by atoms with Gasteiger partial charge in [0.05, 0.1) is 143 Å². The zero-order chi connectivity index (χ0) is 54.4. The number of amides is 4. The maximum Gasteiger partial charge on any atom is 0.325 e. The van der Waals surface area contributed by atoms with Gasteiger partial charge in [-0.25, -0.2) is 0 Å². The van der Waals surface area contributed by atoms with Crippen LogP contribution in [0.1, 0.15) is 20.8 Å². The lowest BCUT2D eigenvalue weighted by Gasteiger charge is -2.43. The normalized spacial score (nSPS) is 26.7. The lowest BCUT2D eigenvalue weighted by molar-refractivity contribution is -0.272. The number of hydrogen-bond donors (Lipinski definition) is 12. The molecular formula is C40H76N4O26P2S. The van der Waals surface area contributed by atoms with Crippen molar-refractivity contribution in [1.29, 1.82) is 0 Å². The number of ether oxygens (including phenoxy) is 10. The summed E-state index contributed by atoms with van der Waals surface area (Å²) in [7, 11) is -4.01. The van der Waals surface area contributed by atoms with E-state index in [1.54, 1.807) is 6.92 Å². The zero-order valence-electron chi connectivity index (χ0n) is 41.3. The molecule has 12 N–H and O–H groups in total. The molecule has 428 valence electrons. The molecular weight excluding hydrogens is 1050 g/mol. The minimum Gasteiger partial charge on any atom is -0.394 e. The molecule has 0 aromatic rings. The molecule has 14 atom stereocenters. The van der Waals surface area contributed by atoms with Crippen LogP contribution in [-0.2, 0) is 96.5 Å². The van der Waals surface area contributed by atoms with Gasteiger partial charge in [-0.3, -0.25) is 23.7 Å². The molecule has 2 rings (SSSR count). The first kappa shape index (κ1) is 67.0. The quantitative estimate of drug-likeness (QED) is 0.0201. The van der Waals surface area contributed by atoms with Crippen molar-refractivity contribution in [3.63, 3.8) is 0 Å². The lowest BCUT2D eigenvalue weighted by Crippen LogP contribution is -2.64. The molecule has 2 heterocycles. The van der Waals surface area contributed by atoms with Crippen molar-refractivity contribution in [1.82, 2.24) is 21.3 Å². The predicted octanol–water partition coefficient (Wildman–Crippen LogP) is -5.67. The second-order valence-corrected chi connectivity index (χ2v) is 21.1. The van der Waals surface area contributed by atoms with Crippen molar-refractivity contribution in [2.75, 3.05) is 139 Å². The molecule has 2 saturated heterocycles. The van der Waals surface area contributed by atoms with Crippen LogP contribution in [0.4, 0.5) is 0 Å². The van der Waals surface area contributed by atoms with E-state index in [0.717, 1.165) is 6.66 Å². The maximum absolute atomic E-state index is 12.6. The fraction of sp³-hybridized carbons (Fsp3) is 0.900. The minimum absolute atomic E-state index is 0.00171. The second kappa shape index (κ2) is 36.9. The minimum atomic E-state index is -4.08. The number of rotatable bonds is 40. The van der Waals surface area contributed by atoms with Crippen LogP contribution in [0.2, 0.25) is 0 Å². The van der Waals surface area contributed by atoms with Crippen molar-refractivity contribution < 1.29 is 125 Å². The number of nitrogens with one attached hydrogen (secondary N) is 4. The topological polar surface area (TPSA) is 415 Å². The number of hydrogen-bond acceptors (Lipinski definition) is 25. The van der Waals surface area contributed by atoms with Gasteiger partial charge >= 0.3 is 14.3 Å². The Hall–Kier alpha value is -2.08. The molecule has 0 aliphatic carbocycles. The van der Waals surface area contributed by atoms with Gasteiger partial charge in [-0.2, -0.15) is 0 Å². The Bertz CT molecular complexity index is 1680. The highest BCUT2D eigenvalue weighted by Gasteiger charge is 2.46. The standard InChI is InChI=1S/C40H76N4O26P2S/c1-25-34(41-26(2)48)39(69-30(18-46)36(25)52)64-15-13-60-7-5-59-10-12-63-24-33(51)44-29(21-66-71(4,55)56)22-68-72(57,73)67-20-28(17-45)43-32(50)23-62-11-9-58-6-8-61-14-16-65-40-35(42-27(3)49)38(54)37(53)31(19-47)70-40/h25,28-31,34-40,45-47,52-54H,5-24H2,1-4H3,(H,41,48)(H,42,49)(H,43,50)(H,44,51)(H,55,56)(H,57,73)/t25-,28?,29?,30-,31-,34-,35-,36-,37+,38-,39-,40-,72?/m1/s1. The Morgan fingerprint density at radius 1 is 0.575 bits per heavy atom. The highest BCUT2D eigenvalue weighted by molar-refractivity contribution is 8.07. The van der Waals surface area contributed by atoms with Crippen molar-refractivity contribution in [3.8, 4) is 0 Å². The largest absolute Gasteiger partial charge is 0.394 e. The predicted molar refractivity (Wildman–Crippen MR) is 252 cm³/mol. The van der Waals surface area contributed by atoms with Gasteiger partial charge in [-0.15, -0.1) is 0 Å². The van der Waals surface area contributed by atoms with Crippen molar-refractivity contribution >= 4 is 49.7 Å². The Morgan fingerprint density at radius 2 is 0.959 bits per heavy atom. The molecule has 33 heteroatoms. The summed E-state index contributed by atoms with van der Waals surface area (Å²) >= 11 is 5.02. The van der Waals surface area contributed by atoms with E-state index in [4.69, 9.17) is 72.7 Å². The van der Waals surface area contributed by atoms with Crippen molar-refractivity contribution in [2.45, 2.75) is 88.0 Å². The number of carbonyl (C=O) groups is 4. The highest BCUT2D eigenvalue weighted by atomic mass is 32.5. The van der Waals surface area contributed by atoms with Gasteiger partial charge in [-0.05, 0) is 11.8 Å². The summed E-state index contributed by atoms with van der Waals surface area (Å²) in [6.45, 7) is -1.90. The molecule has 2 aliphatic heterocycles. The van der Waals surface area contributed by atoms with Gasteiger partial charge in [0.2, 0.25) is 23.6 Å². The van der Waals surface area contributed by atoms with E-state index in [0.29, 0.717) is 0 Å².